The fourth-order valence-electron chi connectivity index (χ4n) is 4.37. The molecular weight excluding hydrogens is 324 g/mol. The van der Waals surface area contributed by atoms with Gasteiger partial charge in [-0.1, -0.05) is 36.4 Å². The van der Waals surface area contributed by atoms with Gasteiger partial charge in [0, 0.05) is 18.0 Å². The molecule has 132 valence electrons. The predicted molar refractivity (Wildman–Crippen MR) is 102 cm³/mol. The monoisotopic (exact) mass is 346 g/mol. The third kappa shape index (κ3) is 2.69. The number of aromatic nitrogens is 2. The van der Waals surface area contributed by atoms with E-state index in [-0.39, 0.29) is 11.9 Å². The summed E-state index contributed by atoms with van der Waals surface area (Å²) in [5.41, 5.74) is 3.66. The minimum absolute atomic E-state index is 0.0672. The molecule has 3 aromatic rings. The zero-order valence-corrected chi connectivity index (χ0v) is 14.6. The van der Waals surface area contributed by atoms with Gasteiger partial charge in [-0.15, -0.1) is 0 Å². The lowest BCUT2D eigenvalue weighted by Gasteiger charge is -2.44. The maximum atomic E-state index is 12.8. The summed E-state index contributed by atoms with van der Waals surface area (Å²) < 4.78 is 0. The van der Waals surface area contributed by atoms with Gasteiger partial charge >= 0.3 is 0 Å². The van der Waals surface area contributed by atoms with Crippen LogP contribution in [0.2, 0.25) is 0 Å². The van der Waals surface area contributed by atoms with Gasteiger partial charge in [0.05, 0.1) is 5.52 Å². The number of nitrogens with one attached hydrogen (secondary N) is 2. The summed E-state index contributed by atoms with van der Waals surface area (Å²) in [7, 11) is 0. The molecule has 26 heavy (non-hydrogen) atoms. The first-order valence-electron chi connectivity index (χ1n) is 9.35. The van der Waals surface area contributed by atoms with Crippen LogP contribution in [-0.2, 0) is 0 Å². The smallest absolute Gasteiger partial charge is 0.272 e. The van der Waals surface area contributed by atoms with Crippen molar-refractivity contribution in [2.75, 3.05) is 19.6 Å². The summed E-state index contributed by atoms with van der Waals surface area (Å²) in [4.78, 5) is 15.3. The number of amides is 1. The molecule has 3 saturated heterocycles. The number of fused-ring (bicyclic) bond motifs is 4. The molecule has 6 rings (SSSR count). The maximum Gasteiger partial charge on any atom is 0.272 e. The van der Waals surface area contributed by atoms with E-state index in [1.165, 1.54) is 25.9 Å². The van der Waals surface area contributed by atoms with Crippen LogP contribution in [0.1, 0.15) is 23.3 Å². The Balaban J connectivity index is 1.40. The van der Waals surface area contributed by atoms with Gasteiger partial charge in [-0.05, 0) is 55.1 Å². The first-order chi connectivity index (χ1) is 12.8. The molecule has 0 unspecified atom stereocenters. The molecule has 4 heterocycles. The third-order valence-corrected chi connectivity index (χ3v) is 5.86. The summed E-state index contributed by atoms with van der Waals surface area (Å²) in [6.07, 6.45) is 2.37. The van der Waals surface area contributed by atoms with E-state index in [4.69, 9.17) is 0 Å². The number of nitrogens with zero attached hydrogens (tertiary/aromatic N) is 2. The van der Waals surface area contributed by atoms with Crippen LogP contribution < -0.4 is 5.32 Å². The number of hydrogen-bond acceptors (Lipinski definition) is 3. The number of piperidine rings is 3. The lowest BCUT2D eigenvalue weighted by molar-refractivity contribution is 0.0618. The Bertz CT molecular complexity index is 941. The first kappa shape index (κ1) is 15.6. The van der Waals surface area contributed by atoms with E-state index < -0.39 is 0 Å². The molecule has 1 atom stereocenters. The van der Waals surface area contributed by atoms with Gasteiger partial charge in [-0.25, -0.2) is 0 Å². The highest BCUT2D eigenvalue weighted by Crippen LogP contribution is 2.28. The van der Waals surface area contributed by atoms with E-state index >= 15 is 0 Å². The minimum atomic E-state index is -0.0672. The number of aromatic amines is 1. The quantitative estimate of drug-likeness (QED) is 0.766. The Hall–Kier alpha value is -2.66. The molecule has 1 aromatic heterocycles. The van der Waals surface area contributed by atoms with Crippen molar-refractivity contribution in [3.8, 4) is 11.1 Å². The number of rotatable bonds is 3. The zero-order chi connectivity index (χ0) is 17.5. The number of hydrogen-bond donors (Lipinski definition) is 2. The Kier molecular flexibility index (Phi) is 3.75. The summed E-state index contributed by atoms with van der Waals surface area (Å²) in [6.45, 7) is 3.31. The maximum absolute atomic E-state index is 12.8. The van der Waals surface area contributed by atoms with Crippen molar-refractivity contribution < 1.29 is 4.79 Å². The van der Waals surface area contributed by atoms with Crippen LogP contribution in [0.3, 0.4) is 0 Å². The second-order valence-corrected chi connectivity index (χ2v) is 7.42. The molecule has 2 N–H and O–H groups in total. The van der Waals surface area contributed by atoms with Gasteiger partial charge in [0.15, 0.2) is 5.69 Å². The normalized spacial score (nSPS) is 24.7. The standard InChI is InChI=1S/C21H22N4O/c26-21(22-19-13-25-10-8-15(19)9-11-25)20-17-7-6-16(12-18(17)23-24-20)14-4-2-1-3-5-14/h1-7,12,15,19H,8-11,13H2,(H,22,26)(H,23,24)/t19-/m1/s1. The third-order valence-electron chi connectivity index (χ3n) is 5.86. The Morgan fingerprint density at radius 1 is 1.08 bits per heavy atom. The molecule has 5 heteroatoms. The molecule has 1 amide bonds. The van der Waals surface area contributed by atoms with Gasteiger partial charge in [-0.3, -0.25) is 9.89 Å². The second-order valence-electron chi connectivity index (χ2n) is 7.42. The highest BCUT2D eigenvalue weighted by molar-refractivity contribution is 6.05. The molecule has 3 aliphatic heterocycles. The number of carbonyl (C=O) groups is 1. The average Bonchev–Trinajstić information content (AvgIpc) is 3.13. The van der Waals surface area contributed by atoms with Gasteiger partial charge in [0.2, 0.25) is 0 Å². The van der Waals surface area contributed by atoms with Crippen LogP contribution in [0.15, 0.2) is 48.5 Å². The molecule has 3 aliphatic rings. The summed E-state index contributed by atoms with van der Waals surface area (Å²) in [5, 5.41) is 11.4. The SMILES string of the molecule is O=C(N[C@@H]1CN2CCC1CC2)c1n[nH]c2cc(-c3ccccc3)ccc12. The van der Waals surface area contributed by atoms with E-state index in [1.807, 2.05) is 24.3 Å². The van der Waals surface area contributed by atoms with Crippen molar-refractivity contribution >= 4 is 16.8 Å². The molecule has 0 spiro atoms. The van der Waals surface area contributed by atoms with E-state index in [2.05, 4.69) is 44.7 Å². The van der Waals surface area contributed by atoms with Crippen LogP contribution in [0.5, 0.6) is 0 Å². The van der Waals surface area contributed by atoms with Gasteiger partial charge in [0.1, 0.15) is 0 Å². The highest BCUT2D eigenvalue weighted by atomic mass is 16.2. The molecule has 2 aromatic carbocycles. The van der Waals surface area contributed by atoms with Crippen molar-refractivity contribution in [1.29, 1.82) is 0 Å². The van der Waals surface area contributed by atoms with Crippen LogP contribution in [0.4, 0.5) is 0 Å². The number of benzene rings is 2. The number of carbonyl (C=O) groups excluding carboxylic acids is 1. The fourth-order valence-corrected chi connectivity index (χ4v) is 4.37. The van der Waals surface area contributed by atoms with Crippen molar-refractivity contribution in [2.24, 2.45) is 5.92 Å². The lowest BCUT2D eigenvalue weighted by Crippen LogP contribution is -2.57. The Morgan fingerprint density at radius 3 is 2.62 bits per heavy atom. The Labute approximate surface area is 152 Å². The fraction of sp³-hybridized carbons (Fsp3) is 0.333. The van der Waals surface area contributed by atoms with Gasteiger partial charge < -0.3 is 10.2 Å². The van der Waals surface area contributed by atoms with Crippen LogP contribution in [-0.4, -0.2) is 46.7 Å². The predicted octanol–water partition coefficient (Wildman–Crippen LogP) is 3.05. The van der Waals surface area contributed by atoms with Crippen molar-refractivity contribution in [3.05, 3.63) is 54.2 Å². The summed E-state index contributed by atoms with van der Waals surface area (Å²) in [5.74, 6) is 0.543. The van der Waals surface area contributed by atoms with E-state index in [1.54, 1.807) is 0 Å². The highest BCUT2D eigenvalue weighted by Gasteiger charge is 2.35. The van der Waals surface area contributed by atoms with Crippen LogP contribution in [0.25, 0.3) is 22.0 Å². The summed E-state index contributed by atoms with van der Waals surface area (Å²) in [6, 6.07) is 16.6. The largest absolute Gasteiger partial charge is 0.346 e. The molecule has 0 radical (unpaired) electrons. The van der Waals surface area contributed by atoms with Crippen molar-refractivity contribution in [2.45, 2.75) is 18.9 Å². The van der Waals surface area contributed by atoms with Crippen LogP contribution in [0, 0.1) is 5.92 Å². The number of H-pyrrole nitrogens is 1. The molecule has 3 fully saturated rings. The molecule has 2 bridgehead atoms. The van der Waals surface area contributed by atoms with Crippen molar-refractivity contribution in [3.63, 3.8) is 0 Å². The van der Waals surface area contributed by atoms with E-state index in [0.717, 1.165) is 28.6 Å². The van der Waals surface area contributed by atoms with Gasteiger partial charge in [-0.2, -0.15) is 5.10 Å². The lowest BCUT2D eigenvalue weighted by atomic mass is 9.84. The zero-order valence-electron chi connectivity index (χ0n) is 14.6. The van der Waals surface area contributed by atoms with Crippen molar-refractivity contribution in [1.82, 2.24) is 20.4 Å². The molecule has 0 saturated carbocycles. The van der Waals surface area contributed by atoms with E-state index in [0.29, 0.717) is 11.6 Å². The Morgan fingerprint density at radius 2 is 1.88 bits per heavy atom. The second kappa shape index (κ2) is 6.25. The topological polar surface area (TPSA) is 61.0 Å². The first-order valence-corrected chi connectivity index (χ1v) is 9.35. The summed E-state index contributed by atoms with van der Waals surface area (Å²) >= 11 is 0. The minimum Gasteiger partial charge on any atom is -0.346 e. The van der Waals surface area contributed by atoms with E-state index in [9.17, 15) is 4.79 Å². The molecular formula is C21H22N4O. The molecule has 5 nitrogen and oxygen atoms in total. The van der Waals surface area contributed by atoms with Crippen LogP contribution >= 0.6 is 0 Å². The molecule has 0 aliphatic carbocycles. The van der Waals surface area contributed by atoms with Gasteiger partial charge in [0.25, 0.3) is 5.91 Å². The average molecular weight is 346 g/mol.